The van der Waals surface area contributed by atoms with Crippen LogP contribution in [0.4, 0.5) is 4.39 Å². The van der Waals surface area contributed by atoms with Gasteiger partial charge in [0.2, 0.25) is 0 Å². The van der Waals surface area contributed by atoms with E-state index in [-0.39, 0.29) is 0 Å². The number of rotatable bonds is 6. The van der Waals surface area contributed by atoms with Crippen LogP contribution in [0, 0.1) is 11.8 Å². The van der Waals surface area contributed by atoms with Gasteiger partial charge in [-0.2, -0.15) is 0 Å². The van der Waals surface area contributed by atoms with Gasteiger partial charge in [0, 0.05) is 0 Å². The Bertz CT molecular complexity index is 154. The molecule has 0 saturated heterocycles. The van der Waals surface area contributed by atoms with Crippen molar-refractivity contribution in [3.63, 3.8) is 0 Å². The smallest absolute Gasteiger partial charge is 0.188 e. The number of alkyl halides is 1. The topological polar surface area (TPSA) is 18.5 Å². The van der Waals surface area contributed by atoms with E-state index in [9.17, 15) is 4.39 Å². The summed E-state index contributed by atoms with van der Waals surface area (Å²) in [6.45, 7) is 8.22. The third-order valence-electron chi connectivity index (χ3n) is 2.85. The Balaban J connectivity index is 0.00000106. The zero-order valence-electron chi connectivity index (χ0n) is 10.6. The van der Waals surface area contributed by atoms with Crippen molar-refractivity contribution in [2.75, 3.05) is 20.1 Å². The first-order chi connectivity index (χ1) is 7.86. The average Bonchev–Trinajstić information content (AvgIpc) is 2.37. The molecule has 1 rings (SSSR count). The highest BCUT2D eigenvalue weighted by molar-refractivity contribution is 4.72. The van der Waals surface area contributed by atoms with E-state index < -0.39 is 6.86 Å². The number of halogens is 1. The molecule has 0 spiro atoms. The highest BCUT2D eigenvalue weighted by atomic mass is 19.1. The van der Waals surface area contributed by atoms with Crippen molar-refractivity contribution in [1.29, 1.82) is 0 Å². The quantitative estimate of drug-likeness (QED) is 0.646. The molecule has 0 amide bonds. The van der Waals surface area contributed by atoms with E-state index in [2.05, 4.69) is 6.58 Å². The molecule has 16 heavy (non-hydrogen) atoms. The summed E-state index contributed by atoms with van der Waals surface area (Å²) in [6, 6.07) is 0. The van der Waals surface area contributed by atoms with Gasteiger partial charge in [0.25, 0.3) is 0 Å². The third-order valence-corrected chi connectivity index (χ3v) is 2.85. The van der Waals surface area contributed by atoms with Crippen molar-refractivity contribution in [3.05, 3.63) is 12.8 Å². The maximum atomic E-state index is 11.7. The number of ether oxygens (including phenoxy) is 2. The van der Waals surface area contributed by atoms with Gasteiger partial charge >= 0.3 is 0 Å². The fourth-order valence-corrected chi connectivity index (χ4v) is 1.98. The molecule has 0 N–H and O–H groups in total. The minimum Gasteiger partial charge on any atom is -0.502 e. The highest BCUT2D eigenvalue weighted by Gasteiger charge is 2.21. The Morgan fingerprint density at radius 1 is 1.12 bits per heavy atom. The summed E-state index contributed by atoms with van der Waals surface area (Å²) in [5, 5.41) is 0. The second kappa shape index (κ2) is 10.9. The summed E-state index contributed by atoms with van der Waals surface area (Å²) in [6.07, 6.45) is 6.08. The van der Waals surface area contributed by atoms with Crippen molar-refractivity contribution in [2.24, 2.45) is 11.8 Å². The first-order valence-electron chi connectivity index (χ1n) is 6.23. The lowest BCUT2D eigenvalue weighted by atomic mass is 9.83. The van der Waals surface area contributed by atoms with E-state index in [0.29, 0.717) is 18.4 Å². The van der Waals surface area contributed by atoms with E-state index in [1.54, 1.807) is 0 Å². The maximum Gasteiger partial charge on any atom is 0.188 e. The van der Waals surface area contributed by atoms with Crippen LogP contribution in [-0.4, -0.2) is 20.1 Å². The third kappa shape index (κ3) is 6.83. The molecule has 96 valence electrons. The molecule has 1 aliphatic rings. The lowest BCUT2D eigenvalue weighted by Gasteiger charge is -2.27. The molecule has 0 bridgehead atoms. The van der Waals surface area contributed by atoms with Gasteiger partial charge < -0.3 is 9.47 Å². The van der Waals surface area contributed by atoms with Gasteiger partial charge in [-0.1, -0.05) is 20.4 Å². The molecule has 0 radical (unpaired) electrons. The first kappa shape index (κ1) is 15.4. The molecule has 0 unspecified atom stereocenters. The van der Waals surface area contributed by atoms with Gasteiger partial charge in [0.05, 0.1) is 19.5 Å². The van der Waals surface area contributed by atoms with Crippen LogP contribution in [0.3, 0.4) is 0 Å². The highest BCUT2D eigenvalue weighted by Crippen LogP contribution is 2.29. The predicted molar refractivity (Wildman–Crippen MR) is 64.9 cm³/mol. The van der Waals surface area contributed by atoms with E-state index in [1.165, 1.54) is 6.26 Å². The molecule has 0 atom stereocenters. The molecular weight excluding hydrogens is 207 g/mol. The van der Waals surface area contributed by atoms with E-state index in [0.717, 1.165) is 32.3 Å². The Morgan fingerprint density at radius 3 is 2.06 bits per heavy atom. The van der Waals surface area contributed by atoms with Gasteiger partial charge in [-0.3, -0.25) is 0 Å². The zero-order chi connectivity index (χ0) is 12.2. The van der Waals surface area contributed by atoms with Gasteiger partial charge in [-0.05, 0) is 37.5 Å². The average molecular weight is 232 g/mol. The fourth-order valence-electron chi connectivity index (χ4n) is 1.98. The number of hydrogen-bond acceptors (Lipinski definition) is 2. The maximum absolute atomic E-state index is 11.7. The van der Waals surface area contributed by atoms with Crippen molar-refractivity contribution in [2.45, 2.75) is 39.5 Å². The van der Waals surface area contributed by atoms with E-state index in [1.807, 2.05) is 13.8 Å². The molecule has 1 saturated carbocycles. The van der Waals surface area contributed by atoms with E-state index >= 15 is 0 Å². The molecule has 1 fully saturated rings. The van der Waals surface area contributed by atoms with E-state index in [4.69, 9.17) is 9.47 Å². The second-order valence-corrected chi connectivity index (χ2v) is 3.87. The lowest BCUT2D eigenvalue weighted by molar-refractivity contribution is 0.0194. The van der Waals surface area contributed by atoms with Gasteiger partial charge in [0.15, 0.2) is 6.86 Å². The Labute approximate surface area is 98.8 Å². The summed E-state index contributed by atoms with van der Waals surface area (Å²) in [7, 11) is 0. The minimum atomic E-state index is -0.653. The largest absolute Gasteiger partial charge is 0.502 e. The normalized spacial score (nSPS) is 24.2. The van der Waals surface area contributed by atoms with Crippen LogP contribution >= 0.6 is 0 Å². The molecular formula is C13H25FO2. The monoisotopic (exact) mass is 232 g/mol. The predicted octanol–water partition coefficient (Wildman–Crippen LogP) is 3.92. The van der Waals surface area contributed by atoms with Crippen LogP contribution in [0.15, 0.2) is 12.8 Å². The summed E-state index contributed by atoms with van der Waals surface area (Å²) in [4.78, 5) is 0. The molecule has 0 aromatic heterocycles. The zero-order valence-corrected chi connectivity index (χ0v) is 10.6. The first-order valence-corrected chi connectivity index (χ1v) is 6.23. The van der Waals surface area contributed by atoms with Crippen LogP contribution in [-0.2, 0) is 9.47 Å². The number of hydrogen-bond donors (Lipinski definition) is 0. The molecule has 0 heterocycles. The van der Waals surface area contributed by atoms with Gasteiger partial charge in [-0.15, -0.1) is 0 Å². The van der Waals surface area contributed by atoms with Crippen LogP contribution in [0.1, 0.15) is 39.5 Å². The minimum absolute atomic E-state index is 0.547. The molecule has 2 nitrogen and oxygen atoms in total. The van der Waals surface area contributed by atoms with Gasteiger partial charge in [-0.25, -0.2) is 4.39 Å². The Hall–Kier alpha value is -0.570. The summed E-state index contributed by atoms with van der Waals surface area (Å²) in [5.74, 6) is 1.19. The van der Waals surface area contributed by atoms with Crippen molar-refractivity contribution >= 4 is 0 Å². The standard InChI is InChI=1S/C11H19FO2.C2H6/c1-2-13-7-10-3-5-11(6-4-10)8-14-9-12;1-2/h2,10-11H,1,3-9H2;1-2H3. The van der Waals surface area contributed by atoms with Crippen LogP contribution in [0.5, 0.6) is 0 Å². The summed E-state index contributed by atoms with van der Waals surface area (Å²) in [5.41, 5.74) is 0. The van der Waals surface area contributed by atoms with Crippen LogP contribution in [0.25, 0.3) is 0 Å². The summed E-state index contributed by atoms with van der Waals surface area (Å²) < 4.78 is 21.7. The van der Waals surface area contributed by atoms with Crippen LogP contribution < -0.4 is 0 Å². The molecule has 0 aliphatic heterocycles. The fraction of sp³-hybridized carbons (Fsp3) is 0.846. The molecule has 0 aromatic carbocycles. The second-order valence-electron chi connectivity index (χ2n) is 3.87. The Kier molecular flexibility index (Phi) is 10.5. The SMILES string of the molecule is C=COCC1CCC(COCF)CC1.CC. The lowest BCUT2D eigenvalue weighted by Crippen LogP contribution is -2.21. The van der Waals surface area contributed by atoms with Crippen LogP contribution in [0.2, 0.25) is 0 Å². The molecule has 0 aromatic rings. The molecule has 3 heteroatoms. The van der Waals surface area contributed by atoms with Gasteiger partial charge in [0.1, 0.15) is 0 Å². The van der Waals surface area contributed by atoms with Crippen molar-refractivity contribution < 1.29 is 13.9 Å². The summed E-state index contributed by atoms with van der Waals surface area (Å²) >= 11 is 0. The van der Waals surface area contributed by atoms with Crippen molar-refractivity contribution in [1.82, 2.24) is 0 Å². The van der Waals surface area contributed by atoms with Crippen molar-refractivity contribution in [3.8, 4) is 0 Å². The molecule has 1 aliphatic carbocycles. The Morgan fingerprint density at radius 2 is 1.62 bits per heavy atom.